The predicted molar refractivity (Wildman–Crippen MR) is 91.6 cm³/mol. The summed E-state index contributed by atoms with van der Waals surface area (Å²) in [5, 5.41) is 15.2. The quantitative estimate of drug-likeness (QED) is 0.679. The summed E-state index contributed by atoms with van der Waals surface area (Å²) in [5.41, 5.74) is 0.750. The molecule has 0 saturated heterocycles. The Balaban J connectivity index is -0.0000000482. The van der Waals surface area contributed by atoms with E-state index in [0.717, 1.165) is 12.5 Å². The van der Waals surface area contributed by atoms with Crippen molar-refractivity contribution in [3.63, 3.8) is 0 Å². The van der Waals surface area contributed by atoms with E-state index in [0.29, 0.717) is 0 Å². The van der Waals surface area contributed by atoms with E-state index in [1.165, 1.54) is 12.8 Å². The molecule has 0 aromatic rings. The molecule has 1 aliphatic rings. The van der Waals surface area contributed by atoms with Gasteiger partial charge in [0.05, 0.1) is 6.61 Å². The summed E-state index contributed by atoms with van der Waals surface area (Å²) in [6.45, 7) is 14.7. The molecule has 0 unspecified atom stereocenters. The summed E-state index contributed by atoms with van der Waals surface area (Å²) in [6.07, 6.45) is 10.2. The van der Waals surface area contributed by atoms with Crippen LogP contribution in [0.5, 0.6) is 0 Å². The second-order valence-electron chi connectivity index (χ2n) is 3.80. The lowest BCUT2D eigenvalue weighted by atomic mass is 10.2. The lowest BCUT2D eigenvalue weighted by molar-refractivity contribution is 0.343. The van der Waals surface area contributed by atoms with Crippen LogP contribution in [0.1, 0.15) is 68.7 Å². The van der Waals surface area contributed by atoms with Gasteiger partial charge in [0.15, 0.2) is 0 Å². The smallest absolute Gasteiger partial charge is 0.0615 e. The number of allylic oxidation sites excluding steroid dienone is 3. The summed E-state index contributed by atoms with van der Waals surface area (Å²) in [5.74, 6) is 0. The van der Waals surface area contributed by atoms with Gasteiger partial charge in [-0.1, -0.05) is 73.3 Å². The monoisotopic (exact) mass is 276 g/mol. The first-order valence-corrected chi connectivity index (χ1v) is 6.96. The van der Waals surface area contributed by atoms with Crippen molar-refractivity contribution in [1.82, 2.24) is 0 Å². The topological polar surface area (TPSA) is 40.5 Å². The third kappa shape index (κ3) is 58.5. The fraction of sp³-hybridized carbons (Fsp3) is 0.765. The maximum absolute atomic E-state index is 8.17. The van der Waals surface area contributed by atoms with Crippen molar-refractivity contribution in [2.24, 2.45) is 5.41 Å². The molecule has 120 valence electrons. The van der Waals surface area contributed by atoms with Gasteiger partial charge in [-0.05, 0) is 25.2 Å². The van der Waals surface area contributed by atoms with E-state index in [9.17, 15) is 0 Å². The van der Waals surface area contributed by atoms with Gasteiger partial charge in [0.1, 0.15) is 0 Å². The predicted octanol–water partition coefficient (Wildman–Crippen LogP) is 5.21. The van der Waals surface area contributed by atoms with E-state index in [1.54, 1.807) is 12.2 Å². The Kier molecular flexibility index (Phi) is 49.7. The molecule has 0 amide bonds. The number of rotatable bonds is 2. The van der Waals surface area contributed by atoms with Crippen LogP contribution in [0.25, 0.3) is 0 Å². The maximum atomic E-state index is 8.17. The highest BCUT2D eigenvalue weighted by molar-refractivity contribution is 5.00. The first-order chi connectivity index (χ1) is 8.62. The van der Waals surface area contributed by atoms with Gasteiger partial charge in [0.25, 0.3) is 0 Å². The number of aliphatic hydroxyl groups excluding tert-OH is 2. The van der Waals surface area contributed by atoms with Gasteiger partial charge in [-0.15, -0.1) is 0 Å². The highest BCUT2D eigenvalue weighted by atomic mass is 16.2. The Bertz CT molecular complexity index is 153. The maximum Gasteiger partial charge on any atom is 0.0615 e. The van der Waals surface area contributed by atoms with Crippen molar-refractivity contribution in [3.8, 4) is 0 Å². The molecule has 0 radical (unpaired) electrons. The van der Waals surface area contributed by atoms with E-state index in [1.807, 2.05) is 46.8 Å². The molecule has 0 heterocycles. The minimum atomic E-state index is 0. The zero-order valence-electron chi connectivity index (χ0n) is 13.8. The Morgan fingerprint density at radius 1 is 0.947 bits per heavy atom. The van der Waals surface area contributed by atoms with E-state index in [2.05, 4.69) is 13.8 Å². The molecule has 0 spiro atoms. The fourth-order valence-corrected chi connectivity index (χ4v) is 0.501. The first kappa shape index (κ1) is 31.0. The van der Waals surface area contributed by atoms with Gasteiger partial charge < -0.3 is 10.2 Å². The Labute approximate surface area is 123 Å². The van der Waals surface area contributed by atoms with Crippen LogP contribution in [0.4, 0.5) is 0 Å². The van der Waals surface area contributed by atoms with Gasteiger partial charge in [-0.25, -0.2) is 0 Å². The zero-order chi connectivity index (χ0) is 15.4. The minimum absolute atomic E-state index is 0. The van der Waals surface area contributed by atoms with Crippen molar-refractivity contribution in [3.05, 3.63) is 24.3 Å². The van der Waals surface area contributed by atoms with Crippen molar-refractivity contribution < 1.29 is 10.2 Å². The van der Waals surface area contributed by atoms with E-state index >= 15 is 0 Å². The third-order valence-corrected chi connectivity index (χ3v) is 1.80. The molecule has 0 aliphatic heterocycles. The van der Waals surface area contributed by atoms with Gasteiger partial charge >= 0.3 is 0 Å². The fourth-order valence-electron chi connectivity index (χ4n) is 0.501. The van der Waals surface area contributed by atoms with Crippen LogP contribution >= 0.6 is 0 Å². The lowest BCUT2D eigenvalue weighted by Gasteiger charge is -1.86. The molecule has 2 heteroatoms. The third-order valence-electron chi connectivity index (χ3n) is 1.80. The second-order valence-corrected chi connectivity index (χ2v) is 3.80. The number of aliphatic hydroxyl groups is 2. The number of hydrogen-bond donors (Lipinski definition) is 2. The van der Waals surface area contributed by atoms with E-state index in [-0.39, 0.29) is 14.0 Å². The summed E-state index contributed by atoms with van der Waals surface area (Å²) in [4.78, 5) is 0. The number of hydrogen-bond acceptors (Lipinski definition) is 2. The molecular formula is C17H40O2. The van der Waals surface area contributed by atoms with Crippen LogP contribution in [-0.2, 0) is 0 Å². The molecule has 0 aromatic carbocycles. The van der Waals surface area contributed by atoms with Gasteiger partial charge in [-0.3, -0.25) is 0 Å². The van der Waals surface area contributed by atoms with Crippen LogP contribution in [-0.4, -0.2) is 23.9 Å². The van der Waals surface area contributed by atoms with Crippen molar-refractivity contribution >= 4 is 0 Å². The highest BCUT2D eigenvalue weighted by Gasteiger charge is 2.30. The van der Waals surface area contributed by atoms with Crippen LogP contribution in [0.3, 0.4) is 0 Å². The average molecular weight is 277 g/mol. The summed E-state index contributed by atoms with van der Waals surface area (Å²) in [7, 11) is 1.00. The molecule has 0 aromatic heterocycles. The molecule has 1 saturated carbocycles. The largest absolute Gasteiger partial charge is 0.400 e. The molecular weight excluding hydrogens is 236 g/mol. The van der Waals surface area contributed by atoms with Crippen LogP contribution in [0, 0.1) is 5.41 Å². The highest BCUT2D eigenvalue weighted by Crippen LogP contribution is 2.43. The van der Waals surface area contributed by atoms with Gasteiger partial charge in [0.2, 0.25) is 0 Å². The Morgan fingerprint density at radius 3 is 1.42 bits per heavy atom. The second kappa shape index (κ2) is 30.4. The zero-order valence-corrected chi connectivity index (χ0v) is 13.8. The van der Waals surface area contributed by atoms with Crippen LogP contribution in [0.2, 0.25) is 0 Å². The summed E-state index contributed by atoms with van der Waals surface area (Å²) >= 11 is 0. The van der Waals surface area contributed by atoms with Crippen molar-refractivity contribution in [1.29, 1.82) is 0 Å². The molecule has 0 bridgehead atoms. The Morgan fingerprint density at radius 2 is 1.26 bits per heavy atom. The summed E-state index contributed by atoms with van der Waals surface area (Å²) in [6, 6.07) is 0. The van der Waals surface area contributed by atoms with Crippen molar-refractivity contribution in [2.75, 3.05) is 13.7 Å². The van der Waals surface area contributed by atoms with E-state index < -0.39 is 0 Å². The molecule has 0 atom stereocenters. The molecule has 19 heavy (non-hydrogen) atoms. The first-order valence-electron chi connectivity index (χ1n) is 6.96. The average Bonchev–Trinajstić information content (AvgIpc) is 3.13. The molecule has 1 rings (SSSR count). The molecule has 1 aliphatic carbocycles. The summed E-state index contributed by atoms with van der Waals surface area (Å²) < 4.78 is 0. The normalized spacial score (nSPS) is 13.2. The minimum Gasteiger partial charge on any atom is -0.400 e. The van der Waals surface area contributed by atoms with Crippen LogP contribution < -0.4 is 0 Å². The van der Waals surface area contributed by atoms with E-state index in [4.69, 9.17) is 10.2 Å². The van der Waals surface area contributed by atoms with Gasteiger partial charge in [-0.2, -0.15) is 0 Å². The lowest BCUT2D eigenvalue weighted by Crippen LogP contribution is -1.75. The van der Waals surface area contributed by atoms with Crippen molar-refractivity contribution in [2.45, 2.75) is 68.7 Å². The molecule has 2 N–H and O–H groups in total. The standard InChI is InChI=1S/C6H10O.C5H10.2C2H6.CH4O.CH4/c1-2-3-4-5-6-7;1-5(2)3-4-5;3*1-2;/h2-5,7H,6H2,1H3;3-4H2,1-2H3;2*1-2H3;2H,1H3;1H4/b3-2-,5-4-;;;;;. The SMILES string of the molecule is C.C/C=C\C=C/CO.CC.CC.CC1(C)CC1.CO. The van der Waals surface area contributed by atoms with Crippen LogP contribution in [0.15, 0.2) is 24.3 Å². The van der Waals surface area contributed by atoms with Gasteiger partial charge in [0, 0.05) is 7.11 Å². The molecule has 2 nitrogen and oxygen atoms in total. The Hall–Kier alpha value is -0.600. The molecule has 1 fully saturated rings.